The molecule has 0 saturated heterocycles. The Morgan fingerprint density at radius 2 is 1.85 bits per heavy atom. The Hall–Kier alpha value is -2.05. The second-order valence-electron chi connectivity index (χ2n) is 3.74. The first-order valence-corrected chi connectivity index (χ1v) is 6.16. The molecule has 2 rings (SSSR count). The summed E-state index contributed by atoms with van der Waals surface area (Å²) in [4.78, 5) is 34.0. The molecule has 0 bridgehead atoms. The SMILES string of the molecule is O=C(COc1ccc(Cl)cc1Cl)NN1C(=O)C=CC1=O. The van der Waals surface area contributed by atoms with Gasteiger partial charge < -0.3 is 4.74 Å². The summed E-state index contributed by atoms with van der Waals surface area (Å²) < 4.78 is 5.16. The number of imide groups is 1. The lowest BCUT2D eigenvalue weighted by molar-refractivity contribution is -0.147. The summed E-state index contributed by atoms with van der Waals surface area (Å²) >= 11 is 11.6. The van der Waals surface area contributed by atoms with Crippen LogP contribution >= 0.6 is 23.2 Å². The molecule has 0 atom stereocenters. The van der Waals surface area contributed by atoms with Gasteiger partial charge in [-0.15, -0.1) is 0 Å². The highest BCUT2D eigenvalue weighted by atomic mass is 35.5. The van der Waals surface area contributed by atoms with Gasteiger partial charge >= 0.3 is 0 Å². The minimum Gasteiger partial charge on any atom is -0.482 e. The van der Waals surface area contributed by atoms with Crippen LogP contribution < -0.4 is 10.2 Å². The third-order valence-electron chi connectivity index (χ3n) is 2.30. The quantitative estimate of drug-likeness (QED) is 0.851. The molecule has 0 spiro atoms. The second kappa shape index (κ2) is 5.94. The lowest BCUT2D eigenvalue weighted by atomic mass is 10.3. The van der Waals surface area contributed by atoms with Crippen LogP contribution in [0.2, 0.25) is 10.0 Å². The van der Waals surface area contributed by atoms with Crippen molar-refractivity contribution in [1.82, 2.24) is 10.4 Å². The van der Waals surface area contributed by atoms with Gasteiger partial charge in [0.15, 0.2) is 6.61 Å². The molecule has 0 unspecified atom stereocenters. The highest BCUT2D eigenvalue weighted by molar-refractivity contribution is 6.35. The van der Waals surface area contributed by atoms with Crippen molar-refractivity contribution in [2.24, 2.45) is 0 Å². The molecule has 1 heterocycles. The van der Waals surface area contributed by atoms with E-state index in [2.05, 4.69) is 5.43 Å². The maximum Gasteiger partial charge on any atom is 0.276 e. The topological polar surface area (TPSA) is 75.7 Å². The molecule has 1 aliphatic rings. The number of halogens is 2. The summed E-state index contributed by atoms with van der Waals surface area (Å²) in [6.07, 6.45) is 2.11. The highest BCUT2D eigenvalue weighted by Gasteiger charge is 2.25. The number of nitrogens with zero attached hydrogens (tertiary/aromatic N) is 1. The fourth-order valence-electron chi connectivity index (χ4n) is 1.40. The zero-order valence-electron chi connectivity index (χ0n) is 9.93. The number of rotatable bonds is 4. The molecule has 0 radical (unpaired) electrons. The van der Waals surface area contributed by atoms with Crippen LogP contribution in [0.4, 0.5) is 0 Å². The maximum atomic E-state index is 11.6. The Kier molecular flexibility index (Phi) is 4.26. The predicted octanol–water partition coefficient (Wildman–Crippen LogP) is 1.33. The largest absolute Gasteiger partial charge is 0.482 e. The Labute approximate surface area is 123 Å². The third-order valence-corrected chi connectivity index (χ3v) is 2.83. The van der Waals surface area contributed by atoms with Crippen LogP contribution in [-0.2, 0) is 14.4 Å². The smallest absolute Gasteiger partial charge is 0.276 e. The average molecular weight is 315 g/mol. The van der Waals surface area contributed by atoms with E-state index in [0.717, 1.165) is 12.2 Å². The van der Waals surface area contributed by atoms with Crippen molar-refractivity contribution >= 4 is 40.9 Å². The first-order valence-electron chi connectivity index (χ1n) is 5.41. The molecule has 0 aromatic heterocycles. The van der Waals surface area contributed by atoms with Gasteiger partial charge in [0.25, 0.3) is 17.7 Å². The van der Waals surface area contributed by atoms with E-state index in [1.165, 1.54) is 12.1 Å². The fraction of sp³-hybridized carbons (Fsp3) is 0.0833. The average Bonchev–Trinajstić information content (AvgIpc) is 2.69. The molecule has 0 fully saturated rings. The number of hydrogen-bond acceptors (Lipinski definition) is 4. The number of nitrogens with one attached hydrogen (secondary N) is 1. The summed E-state index contributed by atoms with van der Waals surface area (Å²) in [6.45, 7) is -0.404. The van der Waals surface area contributed by atoms with E-state index in [-0.39, 0.29) is 10.8 Å². The molecule has 1 aromatic rings. The first kappa shape index (κ1) is 14.4. The van der Waals surface area contributed by atoms with Crippen molar-refractivity contribution < 1.29 is 19.1 Å². The van der Waals surface area contributed by atoms with Crippen molar-refractivity contribution in [3.8, 4) is 5.75 Å². The summed E-state index contributed by atoms with van der Waals surface area (Å²) in [7, 11) is 0. The molecule has 1 aliphatic heterocycles. The van der Waals surface area contributed by atoms with Crippen molar-refractivity contribution in [2.45, 2.75) is 0 Å². The van der Waals surface area contributed by atoms with Crippen LogP contribution in [0.1, 0.15) is 0 Å². The van der Waals surface area contributed by atoms with Gasteiger partial charge in [-0.05, 0) is 18.2 Å². The number of ether oxygens (including phenoxy) is 1. The molecule has 20 heavy (non-hydrogen) atoms. The highest BCUT2D eigenvalue weighted by Crippen LogP contribution is 2.27. The van der Waals surface area contributed by atoms with Gasteiger partial charge in [0, 0.05) is 17.2 Å². The standard InChI is InChI=1S/C12H8Cl2N2O4/c13-7-1-2-9(8(14)5-7)20-6-10(17)15-16-11(18)3-4-12(16)19/h1-5H,6H2,(H,15,17). The van der Waals surface area contributed by atoms with E-state index in [0.29, 0.717) is 10.0 Å². The number of hydrogen-bond donors (Lipinski definition) is 1. The van der Waals surface area contributed by atoms with Gasteiger partial charge in [-0.25, -0.2) is 0 Å². The van der Waals surface area contributed by atoms with Crippen LogP contribution in [0, 0.1) is 0 Å². The Morgan fingerprint density at radius 1 is 1.20 bits per heavy atom. The Morgan fingerprint density at radius 3 is 2.45 bits per heavy atom. The summed E-state index contributed by atoms with van der Waals surface area (Å²) in [5, 5.41) is 1.28. The van der Waals surface area contributed by atoms with E-state index < -0.39 is 24.3 Å². The molecular formula is C12H8Cl2N2O4. The molecule has 1 aromatic carbocycles. The molecule has 0 aliphatic carbocycles. The number of hydrazine groups is 1. The van der Waals surface area contributed by atoms with Crippen LogP contribution in [0.3, 0.4) is 0 Å². The van der Waals surface area contributed by atoms with Gasteiger partial charge in [0.1, 0.15) is 5.75 Å². The molecule has 6 nitrogen and oxygen atoms in total. The van der Waals surface area contributed by atoms with Gasteiger partial charge in [-0.2, -0.15) is 5.01 Å². The number of amides is 3. The molecule has 3 amide bonds. The van der Waals surface area contributed by atoms with E-state index >= 15 is 0 Å². The maximum absolute atomic E-state index is 11.6. The summed E-state index contributed by atoms with van der Waals surface area (Å²) in [5.74, 6) is -1.63. The Bertz CT molecular complexity index is 597. The third kappa shape index (κ3) is 3.28. The Balaban J connectivity index is 1.89. The minimum absolute atomic E-state index is 0.250. The van der Waals surface area contributed by atoms with Crippen molar-refractivity contribution in [1.29, 1.82) is 0 Å². The van der Waals surface area contributed by atoms with Gasteiger partial charge in [0.05, 0.1) is 5.02 Å². The van der Waals surface area contributed by atoms with Crippen LogP contribution in [0.5, 0.6) is 5.75 Å². The van der Waals surface area contributed by atoms with Gasteiger partial charge in [0.2, 0.25) is 0 Å². The lowest BCUT2D eigenvalue weighted by Crippen LogP contribution is -2.47. The predicted molar refractivity (Wildman–Crippen MR) is 71.1 cm³/mol. The number of carbonyl (C=O) groups excluding carboxylic acids is 3. The zero-order valence-corrected chi connectivity index (χ0v) is 11.4. The summed E-state index contributed by atoms with van der Waals surface area (Å²) in [5.41, 5.74) is 2.12. The van der Waals surface area contributed by atoms with E-state index in [4.69, 9.17) is 27.9 Å². The first-order chi connectivity index (χ1) is 9.47. The van der Waals surface area contributed by atoms with E-state index in [9.17, 15) is 14.4 Å². The molecule has 8 heteroatoms. The van der Waals surface area contributed by atoms with Gasteiger partial charge in [-0.3, -0.25) is 19.8 Å². The second-order valence-corrected chi connectivity index (χ2v) is 4.59. The van der Waals surface area contributed by atoms with Gasteiger partial charge in [-0.1, -0.05) is 23.2 Å². The normalized spacial score (nSPS) is 13.8. The molecule has 104 valence electrons. The lowest BCUT2D eigenvalue weighted by Gasteiger charge is -2.15. The van der Waals surface area contributed by atoms with Crippen LogP contribution in [0.25, 0.3) is 0 Å². The van der Waals surface area contributed by atoms with E-state index in [1.807, 2.05) is 0 Å². The fourth-order valence-corrected chi connectivity index (χ4v) is 1.87. The van der Waals surface area contributed by atoms with Crippen LogP contribution in [0.15, 0.2) is 30.4 Å². The van der Waals surface area contributed by atoms with Crippen LogP contribution in [-0.4, -0.2) is 29.3 Å². The molecule has 1 N–H and O–H groups in total. The van der Waals surface area contributed by atoms with Crippen molar-refractivity contribution in [3.05, 3.63) is 40.4 Å². The number of benzene rings is 1. The minimum atomic E-state index is -0.665. The summed E-state index contributed by atoms with van der Waals surface area (Å²) in [6, 6.07) is 4.53. The molecule has 0 saturated carbocycles. The zero-order chi connectivity index (χ0) is 14.7. The van der Waals surface area contributed by atoms with Crippen molar-refractivity contribution in [3.63, 3.8) is 0 Å². The monoisotopic (exact) mass is 314 g/mol. The molecular weight excluding hydrogens is 307 g/mol. The van der Waals surface area contributed by atoms with E-state index in [1.54, 1.807) is 6.07 Å². The van der Waals surface area contributed by atoms with Crippen molar-refractivity contribution in [2.75, 3.05) is 6.61 Å². The number of carbonyl (C=O) groups is 3.